The molecule has 0 radical (unpaired) electrons. The van der Waals surface area contributed by atoms with E-state index >= 15 is 0 Å². The summed E-state index contributed by atoms with van der Waals surface area (Å²) < 4.78 is 13.0. The lowest BCUT2D eigenvalue weighted by atomic mass is 10.1. The highest BCUT2D eigenvalue weighted by atomic mass is 19.1. The van der Waals surface area contributed by atoms with E-state index in [2.05, 4.69) is 20.4 Å². The van der Waals surface area contributed by atoms with Gasteiger partial charge in [0.2, 0.25) is 5.82 Å². The van der Waals surface area contributed by atoms with Gasteiger partial charge < -0.3 is 4.98 Å². The number of hydrogen-bond donors (Lipinski definition) is 1. The van der Waals surface area contributed by atoms with Gasteiger partial charge in [-0.15, -0.1) is 10.2 Å². The van der Waals surface area contributed by atoms with Crippen molar-refractivity contribution >= 4 is 16.7 Å². The summed E-state index contributed by atoms with van der Waals surface area (Å²) >= 11 is 0. The van der Waals surface area contributed by atoms with Crippen molar-refractivity contribution in [1.29, 1.82) is 0 Å². The third-order valence-corrected chi connectivity index (χ3v) is 3.73. The molecule has 0 atom stereocenters. The number of benzene rings is 2. The first-order valence-electron chi connectivity index (χ1n) is 7.34. The summed E-state index contributed by atoms with van der Waals surface area (Å²) in [4.78, 5) is 16.8. The number of aromatic nitrogens is 5. The van der Waals surface area contributed by atoms with Crippen molar-refractivity contribution in [2.45, 2.75) is 6.54 Å². The molecule has 2 aromatic carbocycles. The maximum Gasteiger partial charge on any atom is 0.204 e. The van der Waals surface area contributed by atoms with E-state index in [1.807, 2.05) is 24.3 Å². The van der Waals surface area contributed by atoms with Gasteiger partial charge in [0, 0.05) is 28.2 Å². The van der Waals surface area contributed by atoms with Crippen molar-refractivity contribution in [2.75, 3.05) is 0 Å². The molecule has 7 heteroatoms. The monoisotopic (exact) mass is 321 g/mol. The van der Waals surface area contributed by atoms with Crippen LogP contribution in [-0.4, -0.2) is 31.0 Å². The van der Waals surface area contributed by atoms with Crippen molar-refractivity contribution in [3.05, 3.63) is 66.1 Å². The molecule has 118 valence electrons. The van der Waals surface area contributed by atoms with E-state index in [0.717, 1.165) is 10.9 Å². The average Bonchev–Trinajstić information content (AvgIpc) is 3.22. The normalized spacial score (nSPS) is 11.0. The van der Waals surface area contributed by atoms with Crippen molar-refractivity contribution < 1.29 is 9.18 Å². The number of carbonyl (C=O) groups excluding carboxylic acids is 1. The van der Waals surface area contributed by atoms with Crippen molar-refractivity contribution in [1.82, 2.24) is 25.2 Å². The molecular formula is C17H12FN5O. The topological polar surface area (TPSA) is 76.5 Å². The Morgan fingerprint density at radius 1 is 1.12 bits per heavy atom. The predicted molar refractivity (Wildman–Crippen MR) is 85.8 cm³/mol. The Kier molecular flexibility index (Phi) is 3.38. The lowest BCUT2D eigenvalue weighted by Crippen LogP contribution is -2.13. The number of nitrogens with one attached hydrogen (secondary N) is 1. The number of rotatable bonds is 4. The number of ketones is 1. The van der Waals surface area contributed by atoms with E-state index < -0.39 is 0 Å². The first-order chi connectivity index (χ1) is 11.7. The van der Waals surface area contributed by atoms with E-state index in [1.54, 1.807) is 18.3 Å². The number of aromatic amines is 1. The largest absolute Gasteiger partial charge is 0.360 e. The third kappa shape index (κ3) is 2.56. The second-order valence-electron chi connectivity index (χ2n) is 5.32. The van der Waals surface area contributed by atoms with E-state index in [-0.39, 0.29) is 18.1 Å². The van der Waals surface area contributed by atoms with E-state index in [1.165, 1.54) is 16.9 Å². The highest BCUT2D eigenvalue weighted by Crippen LogP contribution is 2.19. The van der Waals surface area contributed by atoms with Crippen molar-refractivity contribution in [3.63, 3.8) is 0 Å². The average molecular weight is 321 g/mol. The van der Waals surface area contributed by atoms with Gasteiger partial charge in [0.15, 0.2) is 5.78 Å². The highest BCUT2D eigenvalue weighted by Gasteiger charge is 2.14. The number of hydrogen-bond acceptors (Lipinski definition) is 4. The van der Waals surface area contributed by atoms with Gasteiger partial charge in [-0.2, -0.15) is 4.80 Å². The standard InChI is InChI=1S/C17H12FN5O/c18-12-7-5-11(6-8-12)17-20-22-23(21-17)10-16(24)14-9-19-15-4-2-1-3-13(14)15/h1-9,19H,10H2. The molecule has 2 aromatic heterocycles. The molecule has 0 bridgehead atoms. The predicted octanol–water partition coefficient (Wildman–Crippen LogP) is 2.84. The molecule has 0 aliphatic heterocycles. The molecule has 6 nitrogen and oxygen atoms in total. The first-order valence-corrected chi connectivity index (χ1v) is 7.34. The van der Waals surface area contributed by atoms with E-state index in [9.17, 15) is 9.18 Å². The summed E-state index contributed by atoms with van der Waals surface area (Å²) in [7, 11) is 0. The summed E-state index contributed by atoms with van der Waals surface area (Å²) in [6, 6.07) is 13.4. The quantitative estimate of drug-likeness (QED) is 0.586. The van der Waals surface area contributed by atoms with Crippen LogP contribution in [0.4, 0.5) is 4.39 Å². The molecule has 0 saturated heterocycles. The molecule has 4 rings (SSSR count). The molecule has 0 fully saturated rings. The molecule has 0 amide bonds. The van der Waals surface area contributed by atoms with Gasteiger partial charge in [0.25, 0.3) is 0 Å². The molecule has 24 heavy (non-hydrogen) atoms. The van der Waals surface area contributed by atoms with Crippen molar-refractivity contribution in [3.8, 4) is 11.4 Å². The summed E-state index contributed by atoms with van der Waals surface area (Å²) in [6.45, 7) is -0.0178. The van der Waals surface area contributed by atoms with Crippen LogP contribution in [0.3, 0.4) is 0 Å². The number of carbonyl (C=O) groups is 1. The Balaban J connectivity index is 1.57. The lowest BCUT2D eigenvalue weighted by Gasteiger charge is -1.98. The van der Waals surface area contributed by atoms with Crippen LogP contribution >= 0.6 is 0 Å². The van der Waals surface area contributed by atoms with Gasteiger partial charge >= 0.3 is 0 Å². The van der Waals surface area contributed by atoms with Crippen LogP contribution in [0, 0.1) is 5.82 Å². The summed E-state index contributed by atoms with van der Waals surface area (Å²) in [5.41, 5.74) is 2.13. The Hall–Kier alpha value is -3.35. The number of para-hydroxylation sites is 1. The summed E-state index contributed by atoms with van der Waals surface area (Å²) in [6.07, 6.45) is 1.69. The molecule has 4 aromatic rings. The Morgan fingerprint density at radius 2 is 1.92 bits per heavy atom. The molecule has 2 heterocycles. The second kappa shape index (κ2) is 5.69. The zero-order chi connectivity index (χ0) is 16.5. The van der Waals surface area contributed by atoms with Crippen LogP contribution in [0.15, 0.2) is 54.7 Å². The lowest BCUT2D eigenvalue weighted by molar-refractivity contribution is 0.0963. The molecule has 0 saturated carbocycles. The maximum atomic E-state index is 13.0. The minimum Gasteiger partial charge on any atom is -0.360 e. The minimum atomic E-state index is -0.333. The van der Waals surface area contributed by atoms with Crippen molar-refractivity contribution in [2.24, 2.45) is 0 Å². The smallest absolute Gasteiger partial charge is 0.204 e. The molecular weight excluding hydrogens is 309 g/mol. The zero-order valence-corrected chi connectivity index (χ0v) is 12.5. The van der Waals surface area contributed by atoms with Crippen LogP contribution in [0.5, 0.6) is 0 Å². The van der Waals surface area contributed by atoms with Crippen LogP contribution in [-0.2, 0) is 6.54 Å². The SMILES string of the molecule is O=C(Cn1nnc(-c2ccc(F)cc2)n1)c1c[nH]c2ccccc12. The third-order valence-electron chi connectivity index (χ3n) is 3.73. The Bertz CT molecular complexity index is 1020. The van der Waals surface area contributed by atoms with Gasteiger partial charge in [0.1, 0.15) is 12.4 Å². The molecule has 0 aliphatic rings. The molecule has 1 N–H and O–H groups in total. The summed E-state index contributed by atoms with van der Waals surface area (Å²) in [5.74, 6) is -0.0992. The van der Waals surface area contributed by atoms with Gasteiger partial charge in [-0.05, 0) is 35.5 Å². The number of nitrogens with zero attached hydrogens (tertiary/aromatic N) is 4. The zero-order valence-electron chi connectivity index (χ0n) is 12.5. The Morgan fingerprint density at radius 3 is 2.75 bits per heavy atom. The molecule has 0 unspecified atom stereocenters. The van der Waals surface area contributed by atoms with Crippen LogP contribution in [0.1, 0.15) is 10.4 Å². The van der Waals surface area contributed by atoms with Crippen LogP contribution in [0.2, 0.25) is 0 Å². The summed E-state index contributed by atoms with van der Waals surface area (Å²) in [5, 5.41) is 12.9. The fourth-order valence-electron chi connectivity index (χ4n) is 2.54. The highest BCUT2D eigenvalue weighted by molar-refractivity contribution is 6.07. The van der Waals surface area contributed by atoms with Crippen LogP contribution < -0.4 is 0 Å². The van der Waals surface area contributed by atoms with Gasteiger partial charge in [-0.1, -0.05) is 18.2 Å². The Labute approximate surface area is 135 Å². The van der Waals surface area contributed by atoms with Gasteiger partial charge in [-0.25, -0.2) is 4.39 Å². The maximum absolute atomic E-state index is 13.0. The molecule has 0 spiro atoms. The molecule has 0 aliphatic carbocycles. The number of Topliss-reactive ketones (excluding diaryl/α,β-unsaturated/α-hetero) is 1. The minimum absolute atomic E-state index is 0.0178. The van der Waals surface area contributed by atoms with Crippen LogP contribution in [0.25, 0.3) is 22.3 Å². The number of H-pyrrole nitrogens is 1. The van der Waals surface area contributed by atoms with Gasteiger partial charge in [0.05, 0.1) is 0 Å². The van der Waals surface area contributed by atoms with E-state index in [4.69, 9.17) is 0 Å². The van der Waals surface area contributed by atoms with Gasteiger partial charge in [-0.3, -0.25) is 4.79 Å². The number of halogens is 1. The fraction of sp³-hybridized carbons (Fsp3) is 0.0588. The second-order valence-corrected chi connectivity index (χ2v) is 5.32. The number of tetrazole rings is 1. The fourth-order valence-corrected chi connectivity index (χ4v) is 2.54. The van der Waals surface area contributed by atoms with E-state index in [0.29, 0.717) is 17.0 Å². The number of fused-ring (bicyclic) bond motifs is 1. The first kappa shape index (κ1) is 14.3.